The van der Waals surface area contributed by atoms with E-state index in [2.05, 4.69) is 23.8 Å². The van der Waals surface area contributed by atoms with E-state index in [-0.39, 0.29) is 11.5 Å². The van der Waals surface area contributed by atoms with Crippen molar-refractivity contribution in [1.82, 2.24) is 9.97 Å². The molecule has 2 N–H and O–H groups in total. The smallest absolute Gasteiger partial charge is 0.195 e. The van der Waals surface area contributed by atoms with E-state index in [1.54, 1.807) is 6.26 Å². The summed E-state index contributed by atoms with van der Waals surface area (Å²) in [5.41, 5.74) is 8.51. The van der Waals surface area contributed by atoms with E-state index in [0.717, 1.165) is 24.1 Å². The van der Waals surface area contributed by atoms with E-state index in [1.807, 2.05) is 18.3 Å². The van der Waals surface area contributed by atoms with Crippen LogP contribution in [0.15, 0.2) is 29.0 Å². The quantitative estimate of drug-likeness (QED) is 0.836. The first kappa shape index (κ1) is 11.4. The van der Waals surface area contributed by atoms with Crippen molar-refractivity contribution in [2.75, 3.05) is 0 Å². The zero-order valence-electron chi connectivity index (χ0n) is 10.7. The molecule has 18 heavy (non-hydrogen) atoms. The van der Waals surface area contributed by atoms with Gasteiger partial charge in [0.2, 0.25) is 0 Å². The minimum atomic E-state index is 0.0365. The van der Waals surface area contributed by atoms with E-state index in [0.29, 0.717) is 11.6 Å². The molecule has 0 saturated carbocycles. The Kier molecular flexibility index (Phi) is 2.48. The summed E-state index contributed by atoms with van der Waals surface area (Å²) >= 11 is 0. The summed E-state index contributed by atoms with van der Waals surface area (Å²) in [6, 6.07) is 3.75. The van der Waals surface area contributed by atoms with E-state index >= 15 is 0 Å². The van der Waals surface area contributed by atoms with E-state index < -0.39 is 0 Å². The Morgan fingerprint density at radius 1 is 1.44 bits per heavy atom. The molecule has 1 atom stereocenters. The van der Waals surface area contributed by atoms with Gasteiger partial charge in [0.15, 0.2) is 11.6 Å². The molecule has 1 aliphatic carbocycles. The van der Waals surface area contributed by atoms with Crippen LogP contribution in [0.5, 0.6) is 0 Å². The molecule has 0 aromatic carbocycles. The molecule has 2 aromatic heterocycles. The third kappa shape index (κ3) is 1.93. The second kappa shape index (κ2) is 3.92. The number of nitrogens with zero attached hydrogens (tertiary/aromatic N) is 2. The average Bonchev–Trinajstić information content (AvgIpc) is 2.79. The van der Waals surface area contributed by atoms with Crippen molar-refractivity contribution in [1.29, 1.82) is 0 Å². The van der Waals surface area contributed by atoms with Crippen molar-refractivity contribution in [2.24, 2.45) is 11.1 Å². The van der Waals surface area contributed by atoms with Crippen molar-refractivity contribution in [3.63, 3.8) is 0 Å². The zero-order valence-corrected chi connectivity index (χ0v) is 10.7. The standard InChI is InChI=1S/C14H17N3O/c1-14(2)6-10(15)9-8-16-13(17-11(9)7-14)12-4-3-5-18-12/h3-5,8,10H,6-7,15H2,1-2H3. The topological polar surface area (TPSA) is 64.9 Å². The molecule has 3 rings (SSSR count). The molecule has 4 nitrogen and oxygen atoms in total. The zero-order chi connectivity index (χ0) is 12.8. The van der Waals surface area contributed by atoms with Gasteiger partial charge in [0, 0.05) is 23.5 Å². The van der Waals surface area contributed by atoms with Crippen LogP contribution in [0.4, 0.5) is 0 Å². The van der Waals surface area contributed by atoms with Crippen LogP contribution in [0, 0.1) is 5.41 Å². The first-order chi connectivity index (χ1) is 8.55. The molecule has 0 fully saturated rings. The Morgan fingerprint density at radius 2 is 2.28 bits per heavy atom. The molecular formula is C14H17N3O. The van der Waals surface area contributed by atoms with Gasteiger partial charge in [-0.2, -0.15) is 0 Å². The van der Waals surface area contributed by atoms with Crippen LogP contribution in [0.25, 0.3) is 11.6 Å². The molecule has 4 heteroatoms. The molecular weight excluding hydrogens is 226 g/mol. The Labute approximate surface area is 106 Å². The lowest BCUT2D eigenvalue weighted by atomic mass is 9.74. The molecule has 0 saturated heterocycles. The summed E-state index contributed by atoms with van der Waals surface area (Å²) in [5.74, 6) is 1.35. The lowest BCUT2D eigenvalue weighted by Gasteiger charge is -2.34. The molecule has 0 aliphatic heterocycles. The number of fused-ring (bicyclic) bond motifs is 1. The highest BCUT2D eigenvalue weighted by Crippen LogP contribution is 2.38. The second-order valence-electron chi connectivity index (χ2n) is 5.72. The highest BCUT2D eigenvalue weighted by atomic mass is 16.3. The van der Waals surface area contributed by atoms with Crippen LogP contribution in [-0.2, 0) is 6.42 Å². The first-order valence-electron chi connectivity index (χ1n) is 6.20. The third-order valence-electron chi connectivity index (χ3n) is 3.46. The summed E-state index contributed by atoms with van der Waals surface area (Å²) in [5, 5.41) is 0. The monoisotopic (exact) mass is 243 g/mol. The van der Waals surface area contributed by atoms with E-state index in [1.165, 1.54) is 0 Å². The summed E-state index contributed by atoms with van der Waals surface area (Å²) in [4.78, 5) is 8.96. The normalized spacial score (nSPS) is 21.6. The van der Waals surface area contributed by atoms with Gasteiger partial charge in [-0.25, -0.2) is 9.97 Å². The predicted octanol–water partition coefficient (Wildman–Crippen LogP) is 2.71. The van der Waals surface area contributed by atoms with Crippen molar-refractivity contribution in [3.8, 4) is 11.6 Å². The first-order valence-corrected chi connectivity index (χ1v) is 6.20. The molecule has 0 bridgehead atoms. The van der Waals surface area contributed by atoms with E-state index in [4.69, 9.17) is 10.2 Å². The molecule has 1 unspecified atom stereocenters. The number of hydrogen-bond acceptors (Lipinski definition) is 4. The summed E-state index contributed by atoms with van der Waals surface area (Å²) in [6.45, 7) is 4.45. The number of furan rings is 1. The van der Waals surface area contributed by atoms with Crippen LogP contribution in [0.3, 0.4) is 0 Å². The minimum absolute atomic E-state index is 0.0365. The lowest BCUT2D eigenvalue weighted by molar-refractivity contribution is 0.278. The molecule has 0 radical (unpaired) electrons. The summed E-state index contributed by atoms with van der Waals surface area (Å²) < 4.78 is 5.33. The largest absolute Gasteiger partial charge is 0.461 e. The minimum Gasteiger partial charge on any atom is -0.461 e. The fourth-order valence-electron chi connectivity index (χ4n) is 2.63. The highest BCUT2D eigenvalue weighted by Gasteiger charge is 2.31. The maximum absolute atomic E-state index is 6.19. The fourth-order valence-corrected chi connectivity index (χ4v) is 2.63. The maximum atomic E-state index is 6.19. The van der Waals surface area contributed by atoms with Crippen LogP contribution in [0.2, 0.25) is 0 Å². The van der Waals surface area contributed by atoms with Gasteiger partial charge in [0.1, 0.15) is 0 Å². The Balaban J connectivity index is 2.05. The van der Waals surface area contributed by atoms with Gasteiger partial charge in [-0.05, 0) is 30.4 Å². The van der Waals surface area contributed by atoms with Gasteiger partial charge in [0.05, 0.1) is 6.26 Å². The summed E-state index contributed by atoms with van der Waals surface area (Å²) in [6.07, 6.45) is 5.39. The SMILES string of the molecule is CC1(C)Cc2nc(-c3ccco3)ncc2C(N)C1. The Bertz CT molecular complexity index is 560. The van der Waals surface area contributed by atoms with E-state index in [9.17, 15) is 0 Å². The number of hydrogen-bond donors (Lipinski definition) is 1. The highest BCUT2D eigenvalue weighted by molar-refractivity contribution is 5.47. The molecule has 0 amide bonds. The van der Waals surface area contributed by atoms with Crippen molar-refractivity contribution in [3.05, 3.63) is 35.9 Å². The Morgan fingerprint density at radius 3 is 3.00 bits per heavy atom. The summed E-state index contributed by atoms with van der Waals surface area (Å²) in [7, 11) is 0. The third-order valence-corrected chi connectivity index (χ3v) is 3.46. The molecule has 2 aromatic rings. The van der Waals surface area contributed by atoms with Crippen LogP contribution in [0.1, 0.15) is 37.6 Å². The maximum Gasteiger partial charge on any atom is 0.195 e. The fraction of sp³-hybridized carbons (Fsp3) is 0.429. The van der Waals surface area contributed by atoms with Crippen molar-refractivity contribution in [2.45, 2.75) is 32.7 Å². The second-order valence-corrected chi connectivity index (χ2v) is 5.72. The van der Waals surface area contributed by atoms with Gasteiger partial charge >= 0.3 is 0 Å². The van der Waals surface area contributed by atoms with Crippen molar-refractivity contribution < 1.29 is 4.42 Å². The van der Waals surface area contributed by atoms with Crippen LogP contribution in [-0.4, -0.2) is 9.97 Å². The van der Waals surface area contributed by atoms with Gasteiger partial charge < -0.3 is 10.2 Å². The number of aromatic nitrogens is 2. The van der Waals surface area contributed by atoms with Crippen molar-refractivity contribution >= 4 is 0 Å². The Hall–Kier alpha value is -1.68. The molecule has 1 aliphatic rings. The molecule has 94 valence electrons. The van der Waals surface area contributed by atoms with Gasteiger partial charge in [-0.1, -0.05) is 13.8 Å². The van der Waals surface area contributed by atoms with Gasteiger partial charge in [-0.15, -0.1) is 0 Å². The van der Waals surface area contributed by atoms with Crippen LogP contribution >= 0.6 is 0 Å². The molecule has 0 spiro atoms. The van der Waals surface area contributed by atoms with Gasteiger partial charge in [-0.3, -0.25) is 0 Å². The molecule has 2 heterocycles. The lowest BCUT2D eigenvalue weighted by Crippen LogP contribution is -2.30. The number of nitrogens with two attached hydrogens (primary N) is 1. The number of rotatable bonds is 1. The average molecular weight is 243 g/mol. The van der Waals surface area contributed by atoms with Crippen LogP contribution < -0.4 is 5.73 Å². The predicted molar refractivity (Wildman–Crippen MR) is 68.8 cm³/mol. The van der Waals surface area contributed by atoms with Gasteiger partial charge in [0.25, 0.3) is 0 Å².